The van der Waals surface area contributed by atoms with Gasteiger partial charge >= 0.3 is 0 Å². The van der Waals surface area contributed by atoms with Crippen LogP contribution in [0.5, 0.6) is 11.5 Å². The molecule has 0 unspecified atom stereocenters. The van der Waals surface area contributed by atoms with Gasteiger partial charge in [0.2, 0.25) is 0 Å². The zero-order chi connectivity index (χ0) is 36.0. The third-order valence-corrected chi connectivity index (χ3v) is 8.77. The molecule has 0 saturated heterocycles. The summed E-state index contributed by atoms with van der Waals surface area (Å²) in [6.07, 6.45) is 0. The van der Waals surface area contributed by atoms with Gasteiger partial charge in [0.25, 0.3) is 0 Å². The highest BCUT2D eigenvalue weighted by atomic mass is 16.5. The van der Waals surface area contributed by atoms with Crippen LogP contribution < -0.4 is 14.5 Å². The molecule has 0 aliphatic heterocycles. The molecule has 0 heterocycles. The molecule has 0 atom stereocenters. The first-order valence-electron chi connectivity index (χ1n) is 18.0. The standard InChI is InChI=1S/C48H36N2O/c1-5-14-37(15-6-1)39-24-28-43(29-25-39)49(41-18-9-3-10-19-41)45-32-34-47(35-33-45)51-48-23-13-22-46(36-48)50(42-20-11-4-12-21-42)44-30-26-40(27-31-44)38-16-7-2-8-17-38/h1-36H/i9T,11T. The molecule has 0 amide bonds. The van der Waals surface area contributed by atoms with Crippen LogP contribution in [0.3, 0.4) is 0 Å². The Morgan fingerprint density at radius 2 is 0.686 bits per heavy atom. The molecule has 0 radical (unpaired) electrons. The molecule has 0 fully saturated rings. The summed E-state index contributed by atoms with van der Waals surface area (Å²) >= 11 is 0. The minimum atomic E-state index is 0.441. The van der Waals surface area contributed by atoms with Gasteiger partial charge in [-0.2, -0.15) is 0 Å². The molecule has 0 N–H and O–H groups in total. The van der Waals surface area contributed by atoms with E-state index in [1.165, 1.54) is 5.56 Å². The van der Waals surface area contributed by atoms with Gasteiger partial charge in [-0.1, -0.05) is 127 Å². The molecule has 3 heteroatoms. The highest BCUT2D eigenvalue weighted by Crippen LogP contribution is 2.39. The molecule has 244 valence electrons. The van der Waals surface area contributed by atoms with E-state index in [4.69, 9.17) is 7.48 Å². The van der Waals surface area contributed by atoms with Crippen molar-refractivity contribution in [1.29, 1.82) is 0 Å². The molecule has 8 aromatic carbocycles. The van der Waals surface area contributed by atoms with Crippen LogP contribution in [0.15, 0.2) is 218 Å². The molecule has 3 nitrogen and oxygen atoms in total. The Bertz CT molecular complexity index is 2430. The quantitative estimate of drug-likeness (QED) is 0.145. The lowest BCUT2D eigenvalue weighted by atomic mass is 10.0. The van der Waals surface area contributed by atoms with Crippen molar-refractivity contribution < 1.29 is 7.48 Å². The fraction of sp³-hybridized carbons (Fsp3) is 0. The first-order chi connectivity index (χ1) is 26.1. The Morgan fingerprint density at radius 3 is 1.18 bits per heavy atom. The van der Waals surface area contributed by atoms with Crippen LogP contribution in [0.4, 0.5) is 34.1 Å². The average molecular weight is 661 g/mol. The molecule has 8 rings (SSSR count). The van der Waals surface area contributed by atoms with Crippen LogP contribution in [-0.4, -0.2) is 0 Å². The fourth-order valence-corrected chi connectivity index (χ4v) is 6.29. The summed E-state index contributed by atoms with van der Waals surface area (Å²) in [5.41, 5.74) is 10.2. The van der Waals surface area contributed by atoms with E-state index in [1.807, 2.05) is 115 Å². The second-order valence-corrected chi connectivity index (χ2v) is 12.1. The zero-order valence-electron chi connectivity index (χ0n) is 29.9. The Balaban J connectivity index is 1.08. The number of benzene rings is 8. The SMILES string of the molecule is [3H]c1cccc(N(c2ccc(Oc3cccc(N(c4ccc(-c5ccccc5)cc4)c4cccc([3H])c4)c3)cc2)c2ccc(-c3ccccc3)cc2)c1. The van der Waals surface area contributed by atoms with Crippen LogP contribution in [0.1, 0.15) is 2.74 Å². The average Bonchev–Trinajstić information content (AvgIpc) is 3.20. The van der Waals surface area contributed by atoms with Gasteiger partial charge in [-0.25, -0.2) is 0 Å². The summed E-state index contributed by atoms with van der Waals surface area (Å²) in [4.78, 5) is 4.29. The highest BCUT2D eigenvalue weighted by molar-refractivity contribution is 5.80. The Kier molecular flexibility index (Phi) is 8.41. The number of nitrogens with zero attached hydrogens (tertiary/aromatic N) is 2. The maximum absolute atomic E-state index is 8.34. The molecular weight excluding hydrogens is 621 g/mol. The van der Waals surface area contributed by atoms with E-state index in [0.29, 0.717) is 23.6 Å². The normalized spacial score (nSPS) is 11.3. The second-order valence-electron chi connectivity index (χ2n) is 12.1. The van der Waals surface area contributed by atoms with Crippen molar-refractivity contribution in [3.05, 3.63) is 218 Å². The van der Waals surface area contributed by atoms with Gasteiger partial charge in [0, 0.05) is 40.2 Å². The van der Waals surface area contributed by atoms with Crippen molar-refractivity contribution in [1.82, 2.24) is 0 Å². The van der Waals surface area contributed by atoms with E-state index in [1.54, 1.807) is 12.1 Å². The number of hydrogen-bond donors (Lipinski definition) is 0. The monoisotopic (exact) mass is 660 g/mol. The number of ether oxygens (including phenoxy) is 1. The third kappa shape index (κ3) is 7.15. The van der Waals surface area contributed by atoms with Crippen molar-refractivity contribution in [2.75, 3.05) is 9.80 Å². The second kappa shape index (κ2) is 14.7. The maximum atomic E-state index is 8.34. The van der Waals surface area contributed by atoms with Crippen molar-refractivity contribution in [3.8, 4) is 33.8 Å². The first kappa shape index (κ1) is 29.1. The van der Waals surface area contributed by atoms with E-state index < -0.39 is 0 Å². The predicted molar refractivity (Wildman–Crippen MR) is 213 cm³/mol. The smallest absolute Gasteiger partial charge is 0.129 e. The summed E-state index contributed by atoms with van der Waals surface area (Å²) in [6.45, 7) is 0. The molecule has 0 aliphatic rings. The molecule has 0 spiro atoms. The molecular formula is C48H36N2O. The minimum Gasteiger partial charge on any atom is -0.457 e. The number of anilines is 6. The summed E-state index contributed by atoms with van der Waals surface area (Å²) in [6, 6.07) is 69.8. The number of rotatable bonds is 10. The minimum absolute atomic E-state index is 0.441. The molecule has 0 saturated carbocycles. The maximum Gasteiger partial charge on any atom is 0.129 e. The summed E-state index contributed by atoms with van der Waals surface area (Å²) < 4.78 is 23.1. The Morgan fingerprint density at radius 1 is 0.294 bits per heavy atom. The van der Waals surface area contributed by atoms with Gasteiger partial charge in [-0.3, -0.25) is 0 Å². The number of hydrogen-bond acceptors (Lipinski definition) is 3. The third-order valence-electron chi connectivity index (χ3n) is 8.77. The molecule has 0 aromatic heterocycles. The van der Waals surface area contributed by atoms with E-state index in [0.717, 1.165) is 50.8 Å². The van der Waals surface area contributed by atoms with Gasteiger partial charge in [-0.15, -0.1) is 0 Å². The first-order valence-corrected chi connectivity index (χ1v) is 17.0. The van der Waals surface area contributed by atoms with Gasteiger partial charge in [-0.05, 0) is 107 Å². The van der Waals surface area contributed by atoms with Crippen LogP contribution in [0, 0.1) is 0 Å². The topological polar surface area (TPSA) is 15.7 Å². The lowest BCUT2D eigenvalue weighted by Crippen LogP contribution is -2.10. The van der Waals surface area contributed by atoms with Crippen LogP contribution in [0.25, 0.3) is 22.3 Å². The van der Waals surface area contributed by atoms with Crippen molar-refractivity contribution in [2.45, 2.75) is 0 Å². The van der Waals surface area contributed by atoms with Gasteiger partial charge < -0.3 is 14.5 Å². The van der Waals surface area contributed by atoms with Crippen molar-refractivity contribution >= 4 is 34.1 Å². The Labute approximate surface area is 302 Å². The zero-order valence-corrected chi connectivity index (χ0v) is 27.9. The fourth-order valence-electron chi connectivity index (χ4n) is 6.29. The van der Waals surface area contributed by atoms with Gasteiger partial charge in [0.05, 0.1) is 2.74 Å². The lowest BCUT2D eigenvalue weighted by molar-refractivity contribution is 0.483. The van der Waals surface area contributed by atoms with Gasteiger partial charge in [0.1, 0.15) is 11.5 Å². The number of para-hydroxylation sites is 2. The molecule has 51 heavy (non-hydrogen) atoms. The van der Waals surface area contributed by atoms with E-state index in [2.05, 4.69) is 88.7 Å². The van der Waals surface area contributed by atoms with Crippen LogP contribution in [0.2, 0.25) is 0 Å². The molecule has 8 aromatic rings. The van der Waals surface area contributed by atoms with Gasteiger partial charge in [0.15, 0.2) is 0 Å². The highest BCUT2D eigenvalue weighted by Gasteiger charge is 2.15. The summed E-state index contributed by atoms with van der Waals surface area (Å²) in [5.74, 6) is 1.39. The van der Waals surface area contributed by atoms with E-state index in [-0.39, 0.29) is 0 Å². The van der Waals surface area contributed by atoms with Crippen molar-refractivity contribution in [3.63, 3.8) is 0 Å². The van der Waals surface area contributed by atoms with Crippen LogP contribution >= 0.6 is 0 Å². The van der Waals surface area contributed by atoms with E-state index in [9.17, 15) is 0 Å². The van der Waals surface area contributed by atoms with Crippen molar-refractivity contribution in [2.24, 2.45) is 0 Å². The molecule has 0 bridgehead atoms. The van der Waals surface area contributed by atoms with Crippen LogP contribution in [-0.2, 0) is 0 Å². The Hall–Kier alpha value is -6.84. The summed E-state index contributed by atoms with van der Waals surface area (Å²) in [5, 5.41) is 0. The summed E-state index contributed by atoms with van der Waals surface area (Å²) in [7, 11) is 0. The van der Waals surface area contributed by atoms with E-state index >= 15 is 0 Å². The predicted octanol–water partition coefficient (Wildman–Crippen LogP) is 13.8. The largest absolute Gasteiger partial charge is 0.457 e. The molecule has 0 aliphatic carbocycles. The lowest BCUT2D eigenvalue weighted by Gasteiger charge is -2.26.